The second kappa shape index (κ2) is 12.0. The zero-order chi connectivity index (χ0) is 29.0. The molecule has 0 saturated heterocycles. The number of aromatic nitrogens is 2. The molecule has 0 spiro atoms. The molecule has 1 aliphatic heterocycles. The molecule has 0 radical (unpaired) electrons. The molecule has 4 aromatic rings. The summed E-state index contributed by atoms with van der Waals surface area (Å²) in [6.45, 7) is 7.18. The molecule has 0 aliphatic carbocycles. The Morgan fingerprint density at radius 1 is 1.05 bits per heavy atom. The Morgan fingerprint density at radius 3 is 2.49 bits per heavy atom. The number of nitrogens with one attached hydrogen (secondary N) is 2. The molecular formula is C31H33N5O4S. The van der Waals surface area contributed by atoms with E-state index in [0.29, 0.717) is 30.4 Å². The summed E-state index contributed by atoms with van der Waals surface area (Å²) in [7, 11) is -1.05. The lowest BCUT2D eigenvalue weighted by atomic mass is 9.92. The van der Waals surface area contributed by atoms with Crippen molar-refractivity contribution in [3.63, 3.8) is 0 Å². The fraction of sp³-hybridized carbons (Fsp3) is 0.226. The van der Waals surface area contributed by atoms with E-state index in [1.807, 2.05) is 71.3 Å². The minimum atomic E-state index is -1.05. The van der Waals surface area contributed by atoms with Gasteiger partial charge in [0.05, 0.1) is 23.7 Å². The summed E-state index contributed by atoms with van der Waals surface area (Å²) in [5, 5.41) is 25.1. The fourth-order valence-corrected chi connectivity index (χ4v) is 4.98. The predicted octanol–water partition coefficient (Wildman–Crippen LogP) is 5.17. The third-order valence-corrected chi connectivity index (χ3v) is 7.38. The van der Waals surface area contributed by atoms with Gasteiger partial charge in [-0.3, -0.25) is 5.32 Å². The molecule has 3 N–H and O–H groups in total. The first-order chi connectivity index (χ1) is 19.7. The van der Waals surface area contributed by atoms with Crippen LogP contribution in [0.4, 0.5) is 16.3 Å². The number of rotatable bonds is 8. The maximum atomic E-state index is 13.3. The van der Waals surface area contributed by atoms with Crippen molar-refractivity contribution in [3.05, 3.63) is 89.6 Å². The van der Waals surface area contributed by atoms with Gasteiger partial charge in [0.1, 0.15) is 30.6 Å². The number of carbonyl (C=O) groups is 1. The van der Waals surface area contributed by atoms with Gasteiger partial charge >= 0.3 is 6.03 Å². The number of urea groups is 1. The molecule has 1 aliphatic rings. The summed E-state index contributed by atoms with van der Waals surface area (Å²) in [4.78, 5) is 13.3. The highest BCUT2D eigenvalue weighted by Crippen LogP contribution is 2.32. The summed E-state index contributed by atoms with van der Waals surface area (Å²) in [6.07, 6.45) is 3.56. The van der Waals surface area contributed by atoms with Crippen molar-refractivity contribution < 1.29 is 23.4 Å². The van der Waals surface area contributed by atoms with E-state index >= 15 is 0 Å². The number of hydrogen-bond acceptors (Lipinski definition) is 6. The van der Waals surface area contributed by atoms with Crippen molar-refractivity contribution >= 4 is 50.3 Å². The van der Waals surface area contributed by atoms with E-state index in [2.05, 4.69) is 31.4 Å². The molecular weight excluding hydrogens is 538 g/mol. The van der Waals surface area contributed by atoms with E-state index in [1.54, 1.807) is 27.9 Å². The SMILES string of the molecule is CC(C)(C)c1cc(NC(=O)Nc2ccc(OCC[N+]3=CC=[S-](=O)C=C3)c3ccccc23)n(-c2ccc(CO)cc2)n1. The number of amides is 2. The monoisotopic (exact) mass is 571 g/mol. The molecule has 2 heterocycles. The van der Waals surface area contributed by atoms with Crippen LogP contribution in [0.15, 0.2) is 78.3 Å². The lowest BCUT2D eigenvalue weighted by Gasteiger charge is -2.14. The highest BCUT2D eigenvalue weighted by molar-refractivity contribution is 7.87. The number of hydrogen-bond donors (Lipinski definition) is 3. The van der Waals surface area contributed by atoms with Crippen LogP contribution in [-0.4, -0.2) is 50.2 Å². The highest BCUT2D eigenvalue weighted by Gasteiger charge is 2.22. The van der Waals surface area contributed by atoms with E-state index in [4.69, 9.17) is 9.84 Å². The smallest absolute Gasteiger partial charge is 0.324 e. The molecule has 1 aromatic heterocycles. The van der Waals surface area contributed by atoms with Crippen LogP contribution < -0.4 is 15.4 Å². The minimum absolute atomic E-state index is 0.0474. The van der Waals surface area contributed by atoms with Gasteiger partial charge in [0, 0.05) is 22.3 Å². The van der Waals surface area contributed by atoms with Gasteiger partial charge in [-0.15, -0.1) is 0 Å². The van der Waals surface area contributed by atoms with Gasteiger partial charge in [-0.05, 0) is 29.8 Å². The fourth-order valence-electron chi connectivity index (χ4n) is 4.33. The van der Waals surface area contributed by atoms with Gasteiger partial charge in [0.25, 0.3) is 0 Å². The van der Waals surface area contributed by atoms with Crippen LogP contribution in [0.5, 0.6) is 5.75 Å². The Bertz CT molecular complexity index is 1730. The van der Waals surface area contributed by atoms with Crippen molar-refractivity contribution in [3.8, 4) is 11.4 Å². The molecule has 0 unspecified atom stereocenters. The minimum Gasteiger partial charge on any atom is -0.486 e. The molecule has 10 heteroatoms. The Kier molecular flexibility index (Phi) is 8.23. The van der Waals surface area contributed by atoms with Gasteiger partial charge in [0.15, 0.2) is 6.54 Å². The van der Waals surface area contributed by atoms with E-state index in [9.17, 15) is 14.1 Å². The number of aliphatic hydroxyl groups is 1. The van der Waals surface area contributed by atoms with Gasteiger partial charge in [-0.25, -0.2) is 24.4 Å². The Labute approximate surface area is 240 Å². The lowest BCUT2D eigenvalue weighted by molar-refractivity contribution is -0.452. The molecule has 2 amide bonds. The van der Waals surface area contributed by atoms with Gasteiger partial charge in [0.2, 0.25) is 0 Å². The average molecular weight is 572 g/mol. The number of fused-ring (bicyclic) bond motifs is 1. The first kappa shape index (κ1) is 28.1. The zero-order valence-corrected chi connectivity index (χ0v) is 24.0. The number of carbonyl (C=O) groups excluding carboxylic acids is 1. The first-order valence-electron chi connectivity index (χ1n) is 13.3. The topological polar surface area (TPSA) is 108 Å². The summed E-state index contributed by atoms with van der Waals surface area (Å²) >= 11 is 0. The van der Waals surface area contributed by atoms with Gasteiger partial charge < -0.3 is 19.4 Å². The number of nitrogens with zero attached hydrogens (tertiary/aromatic N) is 3. The number of anilines is 2. The normalized spacial score (nSPS) is 13.5. The summed E-state index contributed by atoms with van der Waals surface area (Å²) < 4.78 is 21.1. The molecule has 5 rings (SSSR count). The van der Waals surface area contributed by atoms with Gasteiger partial charge in [-0.2, -0.15) is 5.10 Å². The van der Waals surface area contributed by atoms with Crippen LogP contribution in [0, 0.1) is 0 Å². The van der Waals surface area contributed by atoms with Gasteiger partial charge in [-0.1, -0.05) is 67.9 Å². The third-order valence-electron chi connectivity index (χ3n) is 6.60. The Hall–Kier alpha value is -4.41. The second-order valence-corrected chi connectivity index (χ2v) is 11.8. The van der Waals surface area contributed by atoms with Crippen LogP contribution in [0.25, 0.3) is 16.5 Å². The van der Waals surface area contributed by atoms with E-state index in [1.165, 1.54) is 0 Å². The summed E-state index contributed by atoms with van der Waals surface area (Å²) in [5.41, 5.74) is 2.80. The summed E-state index contributed by atoms with van der Waals surface area (Å²) in [5.74, 6) is 1.23. The number of benzene rings is 3. The molecule has 0 saturated carbocycles. The van der Waals surface area contributed by atoms with Crippen molar-refractivity contribution in [1.82, 2.24) is 9.78 Å². The molecule has 3 aromatic carbocycles. The number of aliphatic hydroxyl groups excluding tert-OH is 1. The maximum Gasteiger partial charge on any atom is 0.324 e. The largest absolute Gasteiger partial charge is 0.486 e. The molecule has 0 atom stereocenters. The Morgan fingerprint density at radius 2 is 1.80 bits per heavy atom. The van der Waals surface area contributed by atoms with Crippen LogP contribution >= 0.6 is 0 Å². The standard InChI is InChI=1S/C31H32N5O4S/c1-31(2,3)28-20-29(36(34-28)23-10-8-22(21-37)9-11-23)33-30(38)32-26-12-13-27(25-7-5-4-6-24(25)26)40-17-14-35-15-18-41(39)19-16-35/h4-13,15-16,18-20,37H,14,17,21H2,1-3H3,(H-,32,33,34,38)/q-1/p+1. The zero-order valence-electron chi connectivity index (χ0n) is 23.2. The summed E-state index contributed by atoms with van der Waals surface area (Å²) in [6, 6.07) is 20.3. The highest BCUT2D eigenvalue weighted by atomic mass is 32.2. The third kappa shape index (κ3) is 6.67. The Balaban J connectivity index is 1.34. The number of ether oxygens (including phenoxy) is 1. The average Bonchev–Trinajstić information content (AvgIpc) is 3.39. The van der Waals surface area contributed by atoms with Crippen LogP contribution in [0.2, 0.25) is 0 Å². The lowest BCUT2D eigenvalue weighted by Crippen LogP contribution is -2.21. The maximum absolute atomic E-state index is 13.3. The van der Waals surface area contributed by atoms with E-state index in [-0.39, 0.29) is 12.0 Å². The predicted molar refractivity (Wildman–Crippen MR) is 165 cm³/mol. The molecule has 0 bridgehead atoms. The van der Waals surface area contributed by atoms with Crippen molar-refractivity contribution in [2.45, 2.75) is 32.8 Å². The molecule has 9 nitrogen and oxygen atoms in total. The van der Waals surface area contributed by atoms with Crippen molar-refractivity contribution in [2.75, 3.05) is 23.8 Å². The van der Waals surface area contributed by atoms with Crippen LogP contribution in [0.1, 0.15) is 32.0 Å². The van der Waals surface area contributed by atoms with E-state index in [0.717, 1.165) is 27.7 Å². The van der Waals surface area contributed by atoms with Crippen molar-refractivity contribution in [1.29, 1.82) is 0 Å². The second-order valence-electron chi connectivity index (χ2n) is 10.6. The quantitative estimate of drug-likeness (QED) is 0.154. The molecule has 41 heavy (non-hydrogen) atoms. The van der Waals surface area contributed by atoms with E-state index < -0.39 is 16.4 Å². The molecule has 0 fully saturated rings. The van der Waals surface area contributed by atoms with Crippen molar-refractivity contribution in [2.24, 2.45) is 0 Å². The van der Waals surface area contributed by atoms with Crippen LogP contribution in [0.3, 0.4) is 0 Å². The molecule has 212 valence electrons. The van der Waals surface area contributed by atoms with Crippen LogP contribution in [-0.2, 0) is 26.6 Å². The first-order valence-corrected chi connectivity index (χ1v) is 14.5.